The van der Waals surface area contributed by atoms with Gasteiger partial charge >= 0.3 is 18.4 Å². The first-order valence-electron chi connectivity index (χ1n) is 13.2. The van der Waals surface area contributed by atoms with Gasteiger partial charge in [-0.1, -0.05) is 30.7 Å². The molecule has 1 heterocycles. The highest BCUT2D eigenvalue weighted by atomic mass is 19.4. The number of alkyl halides is 3. The van der Waals surface area contributed by atoms with Gasteiger partial charge in [-0.3, -0.25) is 9.59 Å². The molecule has 1 aromatic carbocycles. The number of aliphatic carboxylic acids is 1. The second-order valence-corrected chi connectivity index (χ2v) is 11.1. The predicted molar refractivity (Wildman–Crippen MR) is 135 cm³/mol. The smallest absolute Gasteiger partial charge is 0.480 e. The molecular formula is C28H32F3N3O5. The number of likely N-dealkylation sites (tertiary alicyclic amines) is 1. The summed E-state index contributed by atoms with van der Waals surface area (Å²) in [4.78, 5) is 44.0. The molecule has 5 rings (SSSR count). The van der Waals surface area contributed by atoms with E-state index in [1.54, 1.807) is 0 Å². The number of carbonyl (C=O) groups is 3. The minimum absolute atomic E-state index is 0.00509. The van der Waals surface area contributed by atoms with Crippen LogP contribution in [0, 0.1) is 5.92 Å². The van der Waals surface area contributed by atoms with Crippen LogP contribution in [0.4, 0.5) is 18.0 Å². The first-order chi connectivity index (χ1) is 18.4. The maximum Gasteiger partial charge on any atom is 0.573 e. The number of carboxylic acid groups (broad SMARTS) is 1. The third-order valence-electron chi connectivity index (χ3n) is 8.36. The van der Waals surface area contributed by atoms with Crippen LogP contribution >= 0.6 is 0 Å². The van der Waals surface area contributed by atoms with Crippen molar-refractivity contribution in [2.24, 2.45) is 5.92 Å². The van der Waals surface area contributed by atoms with Crippen molar-refractivity contribution >= 4 is 17.9 Å². The van der Waals surface area contributed by atoms with Gasteiger partial charge < -0.3 is 24.5 Å². The second-order valence-electron chi connectivity index (χ2n) is 11.1. The molecule has 0 spiro atoms. The number of fused-ring (bicyclic) bond motifs is 2. The Morgan fingerprint density at radius 1 is 1.18 bits per heavy atom. The van der Waals surface area contributed by atoms with Crippen LogP contribution in [0.25, 0.3) is 0 Å². The monoisotopic (exact) mass is 547 g/mol. The number of piperidine rings is 1. The molecule has 39 heavy (non-hydrogen) atoms. The summed E-state index contributed by atoms with van der Waals surface area (Å²) in [7, 11) is 1.49. The number of benzene rings is 1. The summed E-state index contributed by atoms with van der Waals surface area (Å²) < 4.78 is 42.7. The Morgan fingerprint density at radius 2 is 1.92 bits per heavy atom. The minimum Gasteiger partial charge on any atom is -0.480 e. The third-order valence-corrected chi connectivity index (χ3v) is 8.36. The highest BCUT2D eigenvalue weighted by Crippen LogP contribution is 2.53. The Morgan fingerprint density at radius 3 is 2.59 bits per heavy atom. The summed E-state index contributed by atoms with van der Waals surface area (Å²) in [5.74, 6) is -2.02. The molecule has 8 nitrogen and oxygen atoms in total. The van der Waals surface area contributed by atoms with E-state index in [4.69, 9.17) is 0 Å². The van der Waals surface area contributed by atoms with E-state index in [0.717, 1.165) is 43.4 Å². The van der Waals surface area contributed by atoms with Crippen LogP contribution in [0.2, 0.25) is 0 Å². The average molecular weight is 548 g/mol. The van der Waals surface area contributed by atoms with Gasteiger partial charge in [0.2, 0.25) is 0 Å². The lowest BCUT2D eigenvalue weighted by atomic mass is 9.68. The van der Waals surface area contributed by atoms with Crippen molar-refractivity contribution in [2.45, 2.75) is 75.5 Å². The number of likely N-dealkylation sites (N-methyl/N-ethyl adjacent to an activating group) is 1. The van der Waals surface area contributed by atoms with Crippen LogP contribution in [-0.4, -0.2) is 81.3 Å². The van der Waals surface area contributed by atoms with Gasteiger partial charge in [0.05, 0.1) is 11.6 Å². The van der Waals surface area contributed by atoms with E-state index in [9.17, 15) is 32.7 Å². The van der Waals surface area contributed by atoms with Crippen molar-refractivity contribution in [1.29, 1.82) is 0 Å². The number of hydrogen-bond donors (Lipinski definition) is 1. The topological polar surface area (TPSA) is 90.4 Å². The fraction of sp³-hybridized carbons (Fsp3) is 0.536. The van der Waals surface area contributed by atoms with Crippen molar-refractivity contribution in [3.63, 3.8) is 0 Å². The van der Waals surface area contributed by atoms with Crippen molar-refractivity contribution in [3.8, 4) is 5.75 Å². The molecule has 1 aliphatic heterocycles. The molecular weight excluding hydrogens is 515 g/mol. The average Bonchev–Trinajstić information content (AvgIpc) is 3.58. The van der Waals surface area contributed by atoms with Crippen LogP contribution < -0.4 is 4.74 Å². The van der Waals surface area contributed by atoms with Gasteiger partial charge in [-0.05, 0) is 62.8 Å². The molecule has 4 atom stereocenters. The second kappa shape index (κ2) is 9.91. The fourth-order valence-corrected chi connectivity index (χ4v) is 6.69. The molecule has 210 valence electrons. The molecule has 0 bridgehead atoms. The molecule has 3 amide bonds. The number of urea groups is 1. The lowest BCUT2D eigenvalue weighted by molar-refractivity contribution is -0.274. The molecule has 3 aliphatic carbocycles. The van der Waals surface area contributed by atoms with E-state index in [1.165, 1.54) is 24.1 Å². The zero-order chi connectivity index (χ0) is 28.1. The highest BCUT2D eigenvalue weighted by molar-refractivity contribution is 5.96. The molecule has 1 saturated heterocycles. The number of halogens is 3. The van der Waals surface area contributed by atoms with Gasteiger partial charge in [0, 0.05) is 30.6 Å². The summed E-state index contributed by atoms with van der Waals surface area (Å²) in [6.45, 7) is 1.54. The fourth-order valence-electron chi connectivity index (χ4n) is 6.69. The first kappa shape index (κ1) is 27.1. The minimum atomic E-state index is -4.88. The van der Waals surface area contributed by atoms with Gasteiger partial charge in [0.15, 0.2) is 0 Å². The van der Waals surface area contributed by atoms with E-state index in [1.807, 2.05) is 35.0 Å². The van der Waals surface area contributed by atoms with Crippen LogP contribution in [0.1, 0.15) is 55.8 Å². The zero-order valence-electron chi connectivity index (χ0n) is 21.9. The number of nitrogens with zero attached hydrogens (tertiary/aromatic N) is 3. The lowest BCUT2D eigenvalue weighted by Crippen LogP contribution is -2.68. The van der Waals surface area contributed by atoms with E-state index in [0.29, 0.717) is 12.8 Å². The number of carboxylic acids is 1. The summed E-state index contributed by atoms with van der Waals surface area (Å²) in [6.07, 6.45) is 5.40. The zero-order valence-corrected chi connectivity index (χ0v) is 21.9. The molecule has 1 aromatic rings. The Kier molecular flexibility index (Phi) is 6.88. The van der Waals surface area contributed by atoms with Crippen molar-refractivity contribution in [1.82, 2.24) is 14.7 Å². The Balaban J connectivity index is 1.54. The molecule has 2 saturated carbocycles. The number of allylic oxidation sites excluding steroid dienone is 2. The Labute approximate surface area is 224 Å². The third kappa shape index (κ3) is 5.10. The van der Waals surface area contributed by atoms with E-state index >= 15 is 0 Å². The number of hydrogen-bond acceptors (Lipinski definition) is 4. The SMILES string of the molecule is CN(CC(=O)O)C(=O)N(C1CC1)C1C2=CC=CCC2(C)N(C(=O)c2cccc(OC(F)(F)F)c2)C2CCCC12. The summed E-state index contributed by atoms with van der Waals surface area (Å²) >= 11 is 0. The van der Waals surface area contributed by atoms with Gasteiger partial charge in [0.1, 0.15) is 12.3 Å². The maximum atomic E-state index is 14.1. The molecule has 0 aromatic heterocycles. The van der Waals surface area contributed by atoms with Gasteiger partial charge in [-0.2, -0.15) is 0 Å². The molecule has 11 heteroatoms. The van der Waals surface area contributed by atoms with Crippen molar-refractivity contribution < 1.29 is 37.4 Å². The van der Waals surface area contributed by atoms with Crippen LogP contribution in [-0.2, 0) is 4.79 Å². The van der Waals surface area contributed by atoms with E-state index < -0.39 is 30.2 Å². The molecule has 0 radical (unpaired) electrons. The number of rotatable bonds is 6. The molecule has 4 aliphatic rings. The van der Waals surface area contributed by atoms with E-state index in [-0.39, 0.29) is 41.5 Å². The maximum absolute atomic E-state index is 14.1. The highest BCUT2D eigenvalue weighted by Gasteiger charge is 2.59. The normalized spacial score (nSPS) is 27.8. The quantitative estimate of drug-likeness (QED) is 0.552. The Hall–Kier alpha value is -3.50. The van der Waals surface area contributed by atoms with E-state index in [2.05, 4.69) is 4.74 Å². The standard InChI is InChI=1S/C28H32F3N3O5/c1-27-14-4-3-10-21(27)24(33(18-12-13-18)26(38)32(2)16-23(35)36)20-9-6-11-22(20)34(27)25(37)17-7-5-8-19(15-17)39-28(29,30)31/h3-5,7-8,10,15,18,20,22,24H,6,9,11-14,16H2,1-2H3,(H,35,36). The van der Waals surface area contributed by atoms with Gasteiger partial charge in [0.25, 0.3) is 5.91 Å². The predicted octanol–water partition coefficient (Wildman–Crippen LogP) is 4.82. The van der Waals surface area contributed by atoms with Gasteiger partial charge in [-0.15, -0.1) is 13.2 Å². The Bertz CT molecular complexity index is 1230. The van der Waals surface area contributed by atoms with Crippen molar-refractivity contribution in [2.75, 3.05) is 13.6 Å². The number of amides is 3. The van der Waals surface area contributed by atoms with Crippen LogP contribution in [0.5, 0.6) is 5.75 Å². The molecule has 1 N–H and O–H groups in total. The van der Waals surface area contributed by atoms with Crippen molar-refractivity contribution in [3.05, 3.63) is 53.6 Å². The van der Waals surface area contributed by atoms with Crippen LogP contribution in [0.3, 0.4) is 0 Å². The molecule has 4 unspecified atom stereocenters. The summed E-state index contributed by atoms with van der Waals surface area (Å²) in [6, 6.07) is 4.26. The van der Waals surface area contributed by atoms with Gasteiger partial charge in [-0.25, -0.2) is 4.79 Å². The number of carbonyl (C=O) groups excluding carboxylic acids is 2. The van der Waals surface area contributed by atoms with Crippen LogP contribution in [0.15, 0.2) is 48.1 Å². The summed E-state index contributed by atoms with van der Waals surface area (Å²) in [5, 5.41) is 9.30. The lowest BCUT2D eigenvalue weighted by Gasteiger charge is -2.58. The molecule has 3 fully saturated rings. The number of ether oxygens (including phenoxy) is 1. The first-order valence-corrected chi connectivity index (χ1v) is 13.2. The summed E-state index contributed by atoms with van der Waals surface area (Å²) in [5.41, 5.74) is 0.183. The largest absolute Gasteiger partial charge is 0.573 e.